The van der Waals surface area contributed by atoms with Crippen molar-refractivity contribution in [2.75, 3.05) is 26.2 Å². The number of nitrogens with two attached hydrogens (primary N) is 1. The lowest BCUT2D eigenvalue weighted by molar-refractivity contribution is -0.131. The highest BCUT2D eigenvalue weighted by molar-refractivity contribution is 5.85. The van der Waals surface area contributed by atoms with Gasteiger partial charge in [-0.05, 0) is 18.4 Å². The molecule has 0 aromatic heterocycles. The molecule has 4 heteroatoms. The van der Waals surface area contributed by atoms with Crippen molar-refractivity contribution < 1.29 is 9.90 Å². The first kappa shape index (κ1) is 8.01. The second-order valence-electron chi connectivity index (χ2n) is 3.60. The third-order valence-electron chi connectivity index (χ3n) is 3.00. The zero-order valence-corrected chi connectivity index (χ0v) is 6.94. The van der Waals surface area contributed by atoms with Crippen LogP contribution in [0.25, 0.3) is 0 Å². The van der Waals surface area contributed by atoms with E-state index in [-0.39, 0.29) is 18.4 Å². The normalized spacial score (nSPS) is 38.7. The number of carbonyl (C=O) groups is 1. The Balaban J connectivity index is 1.92. The molecule has 68 valence electrons. The predicted octanol–water partition coefficient (Wildman–Crippen LogP) is -1.36. The first-order valence-corrected chi connectivity index (χ1v) is 4.39. The van der Waals surface area contributed by atoms with Crippen LogP contribution >= 0.6 is 0 Å². The van der Waals surface area contributed by atoms with Gasteiger partial charge >= 0.3 is 0 Å². The highest BCUT2D eigenvalue weighted by atomic mass is 16.3. The number of hydrogen-bond acceptors (Lipinski definition) is 3. The molecule has 1 amide bonds. The Labute approximate surface area is 71.3 Å². The number of aliphatic hydroxyl groups excluding tert-OH is 1. The summed E-state index contributed by atoms with van der Waals surface area (Å²) < 4.78 is 0. The van der Waals surface area contributed by atoms with Gasteiger partial charge in [-0.15, -0.1) is 0 Å². The van der Waals surface area contributed by atoms with E-state index in [1.165, 1.54) is 0 Å². The summed E-state index contributed by atoms with van der Waals surface area (Å²) in [6.07, 6.45) is 0. The van der Waals surface area contributed by atoms with Crippen molar-refractivity contribution in [1.82, 2.24) is 4.90 Å². The lowest BCUT2D eigenvalue weighted by Gasteiger charge is -2.17. The van der Waals surface area contributed by atoms with E-state index in [0.717, 1.165) is 6.54 Å². The van der Waals surface area contributed by atoms with Crippen LogP contribution in [0.2, 0.25) is 0 Å². The summed E-state index contributed by atoms with van der Waals surface area (Å²) in [6, 6.07) is 0. The zero-order chi connectivity index (χ0) is 8.72. The molecule has 0 spiro atoms. The van der Waals surface area contributed by atoms with E-state index in [9.17, 15) is 4.79 Å². The summed E-state index contributed by atoms with van der Waals surface area (Å²) in [5.41, 5.74) is 5.49. The maximum Gasteiger partial charge on any atom is 0.226 e. The Morgan fingerprint density at radius 1 is 1.67 bits per heavy atom. The van der Waals surface area contributed by atoms with Gasteiger partial charge in [0, 0.05) is 19.0 Å². The number of nitrogens with zero attached hydrogens (tertiary/aromatic N) is 1. The number of aliphatic hydroxyl groups is 1. The minimum Gasteiger partial charge on any atom is -0.395 e. The first-order valence-electron chi connectivity index (χ1n) is 4.39. The van der Waals surface area contributed by atoms with Gasteiger partial charge in [0.05, 0.1) is 6.61 Å². The predicted molar refractivity (Wildman–Crippen MR) is 43.2 cm³/mol. The fourth-order valence-corrected chi connectivity index (χ4v) is 2.26. The van der Waals surface area contributed by atoms with Crippen molar-refractivity contribution in [3.63, 3.8) is 0 Å². The van der Waals surface area contributed by atoms with Gasteiger partial charge in [0.15, 0.2) is 0 Å². The second-order valence-corrected chi connectivity index (χ2v) is 3.60. The van der Waals surface area contributed by atoms with Crippen LogP contribution in [0.1, 0.15) is 0 Å². The standard InChI is InChI=1S/C8H14N2O2/c9-3-5-6-4-10(1-2-11)8(12)7(5)6/h5-7,11H,1-4,9H2. The molecule has 12 heavy (non-hydrogen) atoms. The molecule has 1 aliphatic carbocycles. The summed E-state index contributed by atoms with van der Waals surface area (Å²) in [4.78, 5) is 13.2. The molecule has 1 saturated heterocycles. The van der Waals surface area contributed by atoms with Crippen molar-refractivity contribution in [3.8, 4) is 0 Å². The lowest BCUT2D eigenvalue weighted by atomic mass is 10.2. The van der Waals surface area contributed by atoms with E-state index in [4.69, 9.17) is 10.8 Å². The van der Waals surface area contributed by atoms with E-state index in [0.29, 0.717) is 24.9 Å². The molecule has 0 bridgehead atoms. The van der Waals surface area contributed by atoms with E-state index in [2.05, 4.69) is 0 Å². The average molecular weight is 170 g/mol. The summed E-state index contributed by atoms with van der Waals surface area (Å²) in [5, 5.41) is 8.65. The maximum absolute atomic E-state index is 11.5. The van der Waals surface area contributed by atoms with Crippen molar-refractivity contribution >= 4 is 5.91 Å². The Hall–Kier alpha value is -0.610. The van der Waals surface area contributed by atoms with E-state index in [1.54, 1.807) is 4.90 Å². The monoisotopic (exact) mass is 170 g/mol. The molecule has 3 N–H and O–H groups in total. The number of rotatable bonds is 3. The van der Waals surface area contributed by atoms with Crippen LogP contribution in [0.15, 0.2) is 0 Å². The molecule has 2 rings (SSSR count). The van der Waals surface area contributed by atoms with Crippen LogP contribution in [-0.4, -0.2) is 42.2 Å². The summed E-state index contributed by atoms with van der Waals surface area (Å²) >= 11 is 0. The van der Waals surface area contributed by atoms with Crippen molar-refractivity contribution in [1.29, 1.82) is 0 Å². The summed E-state index contributed by atoms with van der Waals surface area (Å²) in [7, 11) is 0. The maximum atomic E-state index is 11.5. The molecule has 0 aromatic carbocycles. The average Bonchev–Trinajstić information content (AvgIpc) is 2.67. The molecule has 3 atom stereocenters. The molecule has 1 heterocycles. The van der Waals surface area contributed by atoms with Crippen LogP contribution in [0.3, 0.4) is 0 Å². The Morgan fingerprint density at radius 3 is 2.83 bits per heavy atom. The molecule has 1 aliphatic heterocycles. The number of hydrogen-bond donors (Lipinski definition) is 2. The molecule has 3 unspecified atom stereocenters. The molecule has 2 aliphatic rings. The van der Waals surface area contributed by atoms with Crippen LogP contribution in [0.5, 0.6) is 0 Å². The highest BCUT2D eigenvalue weighted by Crippen LogP contribution is 2.51. The second kappa shape index (κ2) is 2.71. The third kappa shape index (κ3) is 0.949. The molecule has 0 radical (unpaired) electrons. The number of likely N-dealkylation sites (tertiary alicyclic amines) is 1. The molecular weight excluding hydrogens is 156 g/mol. The van der Waals surface area contributed by atoms with Crippen molar-refractivity contribution in [2.24, 2.45) is 23.5 Å². The molecule has 1 saturated carbocycles. The van der Waals surface area contributed by atoms with Gasteiger partial charge in [-0.2, -0.15) is 0 Å². The van der Waals surface area contributed by atoms with Gasteiger partial charge in [0.2, 0.25) is 5.91 Å². The van der Waals surface area contributed by atoms with Crippen LogP contribution in [0, 0.1) is 17.8 Å². The van der Waals surface area contributed by atoms with Gasteiger partial charge in [-0.3, -0.25) is 4.79 Å². The molecule has 0 aromatic rings. The van der Waals surface area contributed by atoms with Crippen LogP contribution < -0.4 is 5.73 Å². The van der Waals surface area contributed by atoms with E-state index < -0.39 is 0 Å². The SMILES string of the molecule is NCC1C2CN(CCO)C(=O)C12. The van der Waals surface area contributed by atoms with Gasteiger partial charge in [-0.1, -0.05) is 0 Å². The van der Waals surface area contributed by atoms with Gasteiger partial charge in [0.25, 0.3) is 0 Å². The third-order valence-corrected chi connectivity index (χ3v) is 3.00. The van der Waals surface area contributed by atoms with Gasteiger partial charge in [-0.25, -0.2) is 0 Å². The Bertz CT molecular complexity index is 203. The fraction of sp³-hybridized carbons (Fsp3) is 0.875. The number of fused-ring (bicyclic) bond motifs is 1. The Morgan fingerprint density at radius 2 is 2.42 bits per heavy atom. The largest absolute Gasteiger partial charge is 0.395 e. The lowest BCUT2D eigenvalue weighted by Crippen LogP contribution is -2.33. The molecule has 2 fully saturated rings. The van der Waals surface area contributed by atoms with E-state index in [1.807, 2.05) is 0 Å². The zero-order valence-electron chi connectivity index (χ0n) is 6.94. The van der Waals surface area contributed by atoms with Gasteiger partial charge in [0.1, 0.15) is 0 Å². The highest BCUT2D eigenvalue weighted by Gasteiger charge is 2.60. The number of carbonyl (C=O) groups excluding carboxylic acids is 1. The smallest absolute Gasteiger partial charge is 0.226 e. The van der Waals surface area contributed by atoms with Crippen molar-refractivity contribution in [3.05, 3.63) is 0 Å². The van der Waals surface area contributed by atoms with Crippen LogP contribution in [-0.2, 0) is 4.79 Å². The number of amides is 1. The minimum atomic E-state index is 0.0679. The van der Waals surface area contributed by atoms with Crippen molar-refractivity contribution in [2.45, 2.75) is 0 Å². The topological polar surface area (TPSA) is 66.6 Å². The van der Waals surface area contributed by atoms with E-state index >= 15 is 0 Å². The molecular formula is C8H14N2O2. The Kier molecular flexibility index (Phi) is 1.81. The molecule has 4 nitrogen and oxygen atoms in total. The minimum absolute atomic E-state index is 0.0679. The van der Waals surface area contributed by atoms with Gasteiger partial charge < -0.3 is 15.7 Å². The fourth-order valence-electron chi connectivity index (χ4n) is 2.26. The quantitative estimate of drug-likeness (QED) is 0.550. The summed E-state index contributed by atoms with van der Waals surface area (Å²) in [5.74, 6) is 1.33. The van der Waals surface area contributed by atoms with Crippen LogP contribution in [0.4, 0.5) is 0 Å². The first-order chi connectivity index (χ1) is 5.79. The summed E-state index contributed by atoms with van der Waals surface area (Å²) in [6.45, 7) is 2.00. The number of β-amino-alcohol motifs (C(OH)–C–C–N with tert-alkyl or cyclic N) is 1. The number of piperidine rings is 1.